The Morgan fingerprint density at radius 2 is 1.94 bits per heavy atom. The van der Waals surface area contributed by atoms with Gasteiger partial charge in [-0.1, -0.05) is 12.8 Å². The van der Waals surface area contributed by atoms with Gasteiger partial charge in [-0.3, -0.25) is 0 Å². The fourth-order valence-electron chi connectivity index (χ4n) is 2.34. The lowest BCUT2D eigenvalue weighted by molar-refractivity contribution is 0.288. The first-order valence-corrected chi connectivity index (χ1v) is 7.90. The van der Waals surface area contributed by atoms with Gasteiger partial charge in [-0.25, -0.2) is 4.98 Å². The molecule has 18 heavy (non-hydrogen) atoms. The first kappa shape index (κ1) is 14.0. The van der Waals surface area contributed by atoms with E-state index in [1.165, 1.54) is 43.8 Å². The van der Waals surface area contributed by atoms with E-state index in [-0.39, 0.29) is 5.54 Å². The molecule has 1 aromatic heterocycles. The summed E-state index contributed by atoms with van der Waals surface area (Å²) in [6.45, 7) is 7.71. The molecule has 0 aromatic carbocycles. The minimum Gasteiger partial charge on any atom is -0.321 e. The predicted octanol–water partition coefficient (Wildman–Crippen LogP) is 2.76. The number of rotatable bonds is 4. The zero-order chi connectivity index (χ0) is 13.0. The molecule has 1 aliphatic rings. The first-order valence-electron chi connectivity index (χ1n) is 7.02. The topological polar surface area (TPSA) is 42.1 Å². The fraction of sp³-hybridized carbons (Fsp3) is 0.786. The van der Waals surface area contributed by atoms with Crippen LogP contribution in [0.25, 0.3) is 0 Å². The van der Waals surface area contributed by atoms with Crippen LogP contribution in [-0.2, 0) is 12.0 Å². The summed E-state index contributed by atoms with van der Waals surface area (Å²) >= 11 is 1.75. The molecule has 0 spiro atoms. The van der Waals surface area contributed by atoms with Crippen molar-refractivity contribution in [3.63, 3.8) is 0 Å². The molecule has 1 aromatic rings. The Morgan fingerprint density at radius 3 is 2.50 bits per heavy atom. The van der Waals surface area contributed by atoms with E-state index in [1.807, 2.05) is 13.8 Å². The number of hydrogen-bond donors (Lipinski definition) is 1. The molecule has 3 nitrogen and oxygen atoms in total. The highest BCUT2D eigenvalue weighted by Gasteiger charge is 2.18. The molecule has 1 aliphatic heterocycles. The molecule has 1 fully saturated rings. The molecule has 2 rings (SSSR count). The number of likely N-dealkylation sites (tertiary alicyclic amines) is 1. The molecular weight excluding hydrogens is 242 g/mol. The summed E-state index contributed by atoms with van der Waals surface area (Å²) in [6, 6.07) is 0. The third kappa shape index (κ3) is 4.04. The lowest BCUT2D eigenvalue weighted by Gasteiger charge is -2.18. The SMILES string of the molecule is CC(C)(N)c1csc(CCN2CCCCCC2)n1. The van der Waals surface area contributed by atoms with Crippen LogP contribution in [0, 0.1) is 0 Å². The van der Waals surface area contributed by atoms with Gasteiger partial charge in [0.25, 0.3) is 0 Å². The zero-order valence-corrected chi connectivity index (χ0v) is 12.4. The molecule has 1 saturated heterocycles. The largest absolute Gasteiger partial charge is 0.321 e. The molecule has 2 N–H and O–H groups in total. The van der Waals surface area contributed by atoms with Crippen LogP contribution in [0.15, 0.2) is 5.38 Å². The number of thiazole rings is 1. The molecule has 102 valence electrons. The van der Waals surface area contributed by atoms with Crippen LogP contribution >= 0.6 is 11.3 Å². The van der Waals surface area contributed by atoms with E-state index in [9.17, 15) is 0 Å². The Kier molecular flexibility index (Phi) is 4.76. The van der Waals surface area contributed by atoms with Crippen LogP contribution in [0.3, 0.4) is 0 Å². The molecule has 4 heteroatoms. The maximum absolute atomic E-state index is 6.06. The lowest BCUT2D eigenvalue weighted by Crippen LogP contribution is -2.29. The van der Waals surface area contributed by atoms with E-state index in [4.69, 9.17) is 5.73 Å². The van der Waals surface area contributed by atoms with Crippen molar-refractivity contribution in [1.82, 2.24) is 9.88 Å². The van der Waals surface area contributed by atoms with Gasteiger partial charge in [0.2, 0.25) is 0 Å². The molecular formula is C14H25N3S. The van der Waals surface area contributed by atoms with E-state index in [0.29, 0.717) is 0 Å². The summed E-state index contributed by atoms with van der Waals surface area (Å²) < 4.78 is 0. The molecule has 0 bridgehead atoms. The Balaban J connectivity index is 1.84. The molecule has 0 saturated carbocycles. The third-order valence-corrected chi connectivity index (χ3v) is 4.46. The highest BCUT2D eigenvalue weighted by atomic mass is 32.1. The third-order valence-electron chi connectivity index (χ3n) is 3.55. The standard InChI is InChI=1S/C14H25N3S/c1-14(2,15)12-11-18-13(16-12)7-10-17-8-5-3-4-6-9-17/h11H,3-10,15H2,1-2H3. The molecule has 0 atom stereocenters. The summed E-state index contributed by atoms with van der Waals surface area (Å²) in [7, 11) is 0. The molecule has 0 amide bonds. The normalized spacial score (nSPS) is 18.8. The van der Waals surface area contributed by atoms with Crippen molar-refractivity contribution in [3.05, 3.63) is 16.1 Å². The van der Waals surface area contributed by atoms with Crippen LogP contribution in [-0.4, -0.2) is 29.5 Å². The van der Waals surface area contributed by atoms with Gasteiger partial charge in [0.05, 0.1) is 16.2 Å². The minimum absolute atomic E-state index is 0.308. The Labute approximate surface area is 114 Å². The second kappa shape index (κ2) is 6.13. The van der Waals surface area contributed by atoms with Gasteiger partial charge in [0.1, 0.15) is 0 Å². The Hall–Kier alpha value is -0.450. The van der Waals surface area contributed by atoms with Gasteiger partial charge in [-0.05, 0) is 39.8 Å². The van der Waals surface area contributed by atoms with Gasteiger partial charge in [0.15, 0.2) is 0 Å². The maximum atomic E-state index is 6.06. The quantitative estimate of drug-likeness (QED) is 0.912. The second-order valence-electron chi connectivity index (χ2n) is 5.85. The van der Waals surface area contributed by atoms with E-state index in [1.54, 1.807) is 11.3 Å². The van der Waals surface area contributed by atoms with Crippen molar-refractivity contribution in [2.24, 2.45) is 5.73 Å². The van der Waals surface area contributed by atoms with Crippen LogP contribution in [0.5, 0.6) is 0 Å². The minimum atomic E-state index is -0.308. The summed E-state index contributed by atoms with van der Waals surface area (Å²) in [5.41, 5.74) is 6.78. The van der Waals surface area contributed by atoms with Crippen LogP contribution in [0.4, 0.5) is 0 Å². The predicted molar refractivity (Wildman–Crippen MR) is 77.9 cm³/mol. The summed E-state index contributed by atoms with van der Waals surface area (Å²) in [6.07, 6.45) is 6.59. The summed E-state index contributed by atoms with van der Waals surface area (Å²) in [5.74, 6) is 0. The number of hydrogen-bond acceptors (Lipinski definition) is 4. The van der Waals surface area contributed by atoms with E-state index in [0.717, 1.165) is 18.7 Å². The Morgan fingerprint density at radius 1 is 1.28 bits per heavy atom. The second-order valence-corrected chi connectivity index (χ2v) is 6.80. The number of nitrogens with two attached hydrogens (primary N) is 1. The average Bonchev–Trinajstić information content (AvgIpc) is 2.64. The lowest BCUT2D eigenvalue weighted by atomic mass is 10.0. The smallest absolute Gasteiger partial charge is 0.0941 e. The fourth-order valence-corrected chi connectivity index (χ4v) is 3.30. The van der Waals surface area contributed by atoms with E-state index < -0.39 is 0 Å². The van der Waals surface area contributed by atoms with Crippen LogP contribution in [0.1, 0.15) is 50.2 Å². The van der Waals surface area contributed by atoms with Gasteiger partial charge in [-0.15, -0.1) is 11.3 Å². The van der Waals surface area contributed by atoms with Crippen molar-refractivity contribution >= 4 is 11.3 Å². The number of nitrogens with zero attached hydrogens (tertiary/aromatic N) is 2. The summed E-state index contributed by atoms with van der Waals surface area (Å²) in [4.78, 5) is 7.24. The van der Waals surface area contributed by atoms with Crippen molar-refractivity contribution in [3.8, 4) is 0 Å². The van der Waals surface area contributed by atoms with E-state index in [2.05, 4.69) is 15.3 Å². The van der Waals surface area contributed by atoms with Crippen molar-refractivity contribution in [1.29, 1.82) is 0 Å². The average molecular weight is 267 g/mol. The van der Waals surface area contributed by atoms with Crippen molar-refractivity contribution in [2.75, 3.05) is 19.6 Å². The summed E-state index contributed by atoms with van der Waals surface area (Å²) in [5, 5.41) is 3.34. The van der Waals surface area contributed by atoms with Gasteiger partial charge in [-0.2, -0.15) is 0 Å². The molecule has 2 heterocycles. The monoisotopic (exact) mass is 267 g/mol. The number of aromatic nitrogens is 1. The van der Waals surface area contributed by atoms with Crippen molar-refractivity contribution < 1.29 is 0 Å². The van der Waals surface area contributed by atoms with Gasteiger partial charge >= 0.3 is 0 Å². The highest BCUT2D eigenvalue weighted by molar-refractivity contribution is 7.09. The first-order chi connectivity index (χ1) is 8.55. The van der Waals surface area contributed by atoms with Crippen LogP contribution in [0.2, 0.25) is 0 Å². The highest BCUT2D eigenvalue weighted by Crippen LogP contribution is 2.20. The van der Waals surface area contributed by atoms with E-state index >= 15 is 0 Å². The zero-order valence-electron chi connectivity index (χ0n) is 11.6. The maximum Gasteiger partial charge on any atom is 0.0941 e. The Bertz CT molecular complexity index is 359. The van der Waals surface area contributed by atoms with Gasteiger partial charge < -0.3 is 10.6 Å². The molecule has 0 unspecified atom stereocenters. The van der Waals surface area contributed by atoms with Crippen molar-refractivity contribution in [2.45, 2.75) is 51.5 Å². The van der Waals surface area contributed by atoms with Gasteiger partial charge in [0, 0.05) is 18.3 Å². The van der Waals surface area contributed by atoms with Crippen LogP contribution < -0.4 is 5.73 Å². The molecule has 0 aliphatic carbocycles. The molecule has 0 radical (unpaired) electrons.